The van der Waals surface area contributed by atoms with E-state index in [1.165, 1.54) is 0 Å². The van der Waals surface area contributed by atoms with E-state index in [1.807, 2.05) is 0 Å². The molecule has 4 nitrogen and oxygen atoms in total. The second-order valence-corrected chi connectivity index (χ2v) is 3.35. The van der Waals surface area contributed by atoms with E-state index in [0.717, 1.165) is 0 Å². The average molecular weight is 209 g/mol. The molecule has 1 rings (SSSR count). The van der Waals surface area contributed by atoms with Crippen LogP contribution < -0.4 is 10.5 Å². The second-order valence-electron chi connectivity index (χ2n) is 3.35. The number of primary amides is 1. The van der Waals surface area contributed by atoms with Crippen molar-refractivity contribution in [3.05, 3.63) is 29.8 Å². The molecule has 0 bridgehead atoms. The first-order valence-electron chi connectivity index (χ1n) is 4.81. The Labute approximate surface area is 88.7 Å². The fraction of sp³-hybridized carbons (Fsp3) is 0.364. The molecule has 0 fully saturated rings. The third-order valence-electron chi connectivity index (χ3n) is 1.95. The van der Waals surface area contributed by atoms with Crippen LogP contribution in [0.25, 0.3) is 0 Å². The zero-order valence-electron chi connectivity index (χ0n) is 8.64. The normalized spacial score (nSPS) is 12.1. The van der Waals surface area contributed by atoms with Crippen LogP contribution in [0.1, 0.15) is 23.7 Å². The summed E-state index contributed by atoms with van der Waals surface area (Å²) in [6, 6.07) is 6.79. The number of ether oxygens (including phenoxy) is 1. The summed E-state index contributed by atoms with van der Waals surface area (Å²) in [6.45, 7) is 2.05. The Hall–Kier alpha value is -1.55. The van der Waals surface area contributed by atoms with E-state index in [0.29, 0.717) is 24.3 Å². The molecule has 15 heavy (non-hydrogen) atoms. The Morgan fingerprint density at radius 3 is 2.80 bits per heavy atom. The van der Waals surface area contributed by atoms with Gasteiger partial charge in [-0.2, -0.15) is 0 Å². The van der Waals surface area contributed by atoms with Gasteiger partial charge >= 0.3 is 0 Å². The molecule has 0 aliphatic carbocycles. The number of carbonyl (C=O) groups is 1. The molecule has 0 spiro atoms. The number of nitrogens with two attached hydrogens (primary N) is 1. The number of hydrogen-bond donors (Lipinski definition) is 2. The van der Waals surface area contributed by atoms with Gasteiger partial charge in [0.15, 0.2) is 0 Å². The van der Waals surface area contributed by atoms with Gasteiger partial charge in [0.05, 0.1) is 18.3 Å². The van der Waals surface area contributed by atoms with Crippen LogP contribution in [0, 0.1) is 0 Å². The summed E-state index contributed by atoms with van der Waals surface area (Å²) in [5.41, 5.74) is 5.54. The molecule has 0 aliphatic heterocycles. The highest BCUT2D eigenvalue weighted by Gasteiger charge is 2.08. The SMILES string of the molecule is CC(O)CCOc1ccccc1C(N)=O. The lowest BCUT2D eigenvalue weighted by molar-refractivity contribution is 0.0995. The zero-order chi connectivity index (χ0) is 11.3. The summed E-state index contributed by atoms with van der Waals surface area (Å²) in [4.78, 5) is 11.0. The number of amides is 1. The summed E-state index contributed by atoms with van der Waals surface area (Å²) in [5.74, 6) is -0.0479. The van der Waals surface area contributed by atoms with Gasteiger partial charge in [-0.1, -0.05) is 12.1 Å². The van der Waals surface area contributed by atoms with Crippen LogP contribution in [0.3, 0.4) is 0 Å². The molecule has 3 N–H and O–H groups in total. The predicted octanol–water partition coefficient (Wildman–Crippen LogP) is 0.935. The second kappa shape index (κ2) is 5.36. The fourth-order valence-electron chi connectivity index (χ4n) is 1.14. The number of rotatable bonds is 5. The molecule has 0 heterocycles. The maximum absolute atomic E-state index is 11.0. The van der Waals surface area contributed by atoms with Gasteiger partial charge in [0.2, 0.25) is 0 Å². The van der Waals surface area contributed by atoms with Gasteiger partial charge in [-0.3, -0.25) is 4.79 Å². The lowest BCUT2D eigenvalue weighted by Crippen LogP contribution is -2.14. The number of carbonyl (C=O) groups excluding carboxylic acids is 1. The van der Waals surface area contributed by atoms with Crippen LogP contribution in [-0.4, -0.2) is 23.7 Å². The van der Waals surface area contributed by atoms with E-state index < -0.39 is 12.0 Å². The molecule has 1 atom stereocenters. The smallest absolute Gasteiger partial charge is 0.252 e. The van der Waals surface area contributed by atoms with Crippen molar-refractivity contribution in [1.29, 1.82) is 0 Å². The number of aliphatic hydroxyl groups is 1. The maximum atomic E-state index is 11.0. The lowest BCUT2D eigenvalue weighted by atomic mass is 10.2. The van der Waals surface area contributed by atoms with Crippen LogP contribution >= 0.6 is 0 Å². The fourth-order valence-corrected chi connectivity index (χ4v) is 1.14. The van der Waals surface area contributed by atoms with Crippen molar-refractivity contribution in [1.82, 2.24) is 0 Å². The molecule has 82 valence electrons. The highest BCUT2D eigenvalue weighted by atomic mass is 16.5. The number of hydrogen-bond acceptors (Lipinski definition) is 3. The summed E-state index contributed by atoms with van der Waals surface area (Å²) in [6.07, 6.45) is 0.110. The molecule has 0 aromatic heterocycles. The zero-order valence-corrected chi connectivity index (χ0v) is 8.64. The van der Waals surface area contributed by atoms with Crippen molar-refractivity contribution in [2.75, 3.05) is 6.61 Å². The molecule has 0 radical (unpaired) electrons. The lowest BCUT2D eigenvalue weighted by Gasteiger charge is -2.10. The Morgan fingerprint density at radius 1 is 1.53 bits per heavy atom. The predicted molar refractivity (Wildman–Crippen MR) is 56.8 cm³/mol. The van der Waals surface area contributed by atoms with E-state index in [2.05, 4.69) is 0 Å². The third kappa shape index (κ3) is 3.59. The van der Waals surface area contributed by atoms with Crippen molar-refractivity contribution >= 4 is 5.91 Å². The molecular formula is C11H15NO3. The van der Waals surface area contributed by atoms with Gasteiger partial charge in [-0.25, -0.2) is 0 Å². The molecule has 4 heteroatoms. The van der Waals surface area contributed by atoms with Crippen LogP contribution in [0.4, 0.5) is 0 Å². The molecule has 1 unspecified atom stereocenters. The number of benzene rings is 1. The van der Waals surface area contributed by atoms with Gasteiger partial charge in [-0.15, -0.1) is 0 Å². The van der Waals surface area contributed by atoms with Gasteiger partial charge < -0.3 is 15.6 Å². The van der Waals surface area contributed by atoms with Gasteiger partial charge in [0.1, 0.15) is 5.75 Å². The van der Waals surface area contributed by atoms with Crippen molar-refractivity contribution in [2.45, 2.75) is 19.4 Å². The highest BCUT2D eigenvalue weighted by molar-refractivity contribution is 5.95. The van der Waals surface area contributed by atoms with Crippen LogP contribution in [0.5, 0.6) is 5.75 Å². The van der Waals surface area contributed by atoms with E-state index in [-0.39, 0.29) is 0 Å². The van der Waals surface area contributed by atoms with E-state index >= 15 is 0 Å². The molecule has 0 saturated carbocycles. The largest absolute Gasteiger partial charge is 0.493 e. The minimum absolute atomic E-state index is 0.363. The van der Waals surface area contributed by atoms with Crippen LogP contribution in [-0.2, 0) is 0 Å². The Bertz CT molecular complexity index is 336. The average Bonchev–Trinajstić information content (AvgIpc) is 2.17. The molecule has 1 aromatic carbocycles. The van der Waals surface area contributed by atoms with Crippen LogP contribution in [0.15, 0.2) is 24.3 Å². The van der Waals surface area contributed by atoms with Gasteiger partial charge in [0.25, 0.3) is 5.91 Å². The quantitative estimate of drug-likeness (QED) is 0.757. The molecule has 1 amide bonds. The number of aliphatic hydroxyl groups excluding tert-OH is 1. The monoisotopic (exact) mass is 209 g/mol. The van der Waals surface area contributed by atoms with Crippen molar-refractivity contribution in [3.63, 3.8) is 0 Å². The van der Waals surface area contributed by atoms with Gasteiger partial charge in [0, 0.05) is 6.42 Å². The minimum Gasteiger partial charge on any atom is -0.493 e. The molecule has 0 aliphatic rings. The number of para-hydroxylation sites is 1. The first kappa shape index (κ1) is 11.5. The summed E-state index contributed by atoms with van der Waals surface area (Å²) >= 11 is 0. The Kier molecular flexibility index (Phi) is 4.12. The standard InChI is InChI=1S/C11H15NO3/c1-8(13)6-7-15-10-5-3-2-4-9(10)11(12)14/h2-5,8,13H,6-7H2,1H3,(H2,12,14). The maximum Gasteiger partial charge on any atom is 0.252 e. The summed E-state index contributed by atoms with van der Waals surface area (Å²) < 4.78 is 5.35. The third-order valence-corrected chi connectivity index (χ3v) is 1.95. The molecular weight excluding hydrogens is 194 g/mol. The summed E-state index contributed by atoms with van der Waals surface area (Å²) in [5, 5.41) is 9.04. The van der Waals surface area contributed by atoms with E-state index in [1.54, 1.807) is 31.2 Å². The Morgan fingerprint density at radius 2 is 2.20 bits per heavy atom. The highest BCUT2D eigenvalue weighted by Crippen LogP contribution is 2.17. The Balaban J connectivity index is 2.63. The first-order chi connectivity index (χ1) is 7.11. The van der Waals surface area contributed by atoms with E-state index in [4.69, 9.17) is 15.6 Å². The van der Waals surface area contributed by atoms with Crippen molar-refractivity contribution in [2.24, 2.45) is 5.73 Å². The van der Waals surface area contributed by atoms with E-state index in [9.17, 15) is 4.79 Å². The van der Waals surface area contributed by atoms with Crippen molar-refractivity contribution < 1.29 is 14.6 Å². The topological polar surface area (TPSA) is 72.6 Å². The molecule has 0 saturated heterocycles. The van der Waals surface area contributed by atoms with Gasteiger partial charge in [-0.05, 0) is 19.1 Å². The summed E-state index contributed by atoms with van der Waals surface area (Å²) in [7, 11) is 0. The minimum atomic E-state index is -0.511. The first-order valence-corrected chi connectivity index (χ1v) is 4.81. The van der Waals surface area contributed by atoms with Crippen molar-refractivity contribution in [3.8, 4) is 5.75 Å². The molecule has 1 aromatic rings. The van der Waals surface area contributed by atoms with Crippen LogP contribution in [0.2, 0.25) is 0 Å².